The van der Waals surface area contributed by atoms with Crippen LogP contribution < -0.4 is 16.3 Å². The van der Waals surface area contributed by atoms with Gasteiger partial charge in [-0.25, -0.2) is 14.4 Å². The van der Waals surface area contributed by atoms with Crippen LogP contribution in [0.4, 0.5) is 23.5 Å². The Hall–Kier alpha value is -3.30. The van der Waals surface area contributed by atoms with E-state index in [1.807, 2.05) is 0 Å². The smallest absolute Gasteiger partial charge is 0.368 e. The first-order valence-corrected chi connectivity index (χ1v) is 8.75. The lowest BCUT2D eigenvalue weighted by Crippen LogP contribution is -2.37. The summed E-state index contributed by atoms with van der Waals surface area (Å²) in [5.41, 5.74) is 6.59. The summed E-state index contributed by atoms with van der Waals surface area (Å²) < 4.78 is 54.8. The van der Waals surface area contributed by atoms with Crippen LogP contribution in [0.3, 0.4) is 0 Å². The highest BCUT2D eigenvalue weighted by molar-refractivity contribution is 5.94. The Balaban J connectivity index is 2.18. The molecule has 0 spiro atoms. The van der Waals surface area contributed by atoms with Crippen LogP contribution in [0, 0.1) is 6.92 Å². The third-order valence-corrected chi connectivity index (χ3v) is 4.56. The molecule has 0 radical (unpaired) electrons. The molecule has 0 bridgehead atoms. The molecule has 0 amide bonds. The second-order valence-electron chi connectivity index (χ2n) is 6.82. The number of alkyl halides is 3. The predicted octanol–water partition coefficient (Wildman–Crippen LogP) is 2.44. The molecule has 4 rings (SSSR count). The molecule has 150 valence electrons. The molecule has 6 nitrogen and oxygen atoms in total. The molecule has 29 heavy (non-hydrogen) atoms. The molecule has 0 fully saturated rings. The minimum absolute atomic E-state index is 0.0390. The number of hydrogen-bond acceptors (Lipinski definition) is 5. The average Bonchev–Trinajstić information content (AvgIpc) is 3.03. The van der Waals surface area contributed by atoms with Crippen molar-refractivity contribution in [2.24, 2.45) is 4.99 Å². The second kappa shape index (κ2) is 6.64. The number of nitrogen functional groups attached to an aromatic ring is 1. The number of nitrogens with zero attached hydrogens (tertiary/aromatic N) is 5. The van der Waals surface area contributed by atoms with Crippen molar-refractivity contribution in [1.82, 2.24) is 19.6 Å². The molecular weight excluding hydrogens is 388 g/mol. The maximum atomic E-state index is 13.4. The molecule has 0 saturated heterocycles. The van der Waals surface area contributed by atoms with Crippen LogP contribution in [0.2, 0.25) is 0 Å². The van der Waals surface area contributed by atoms with Gasteiger partial charge in [0.25, 0.3) is 0 Å². The van der Waals surface area contributed by atoms with E-state index in [1.165, 1.54) is 23.6 Å². The van der Waals surface area contributed by atoms with Gasteiger partial charge in [-0.2, -0.15) is 17.7 Å². The van der Waals surface area contributed by atoms with E-state index < -0.39 is 17.7 Å². The van der Waals surface area contributed by atoms with Crippen LogP contribution in [0.25, 0.3) is 16.8 Å². The fourth-order valence-corrected chi connectivity index (χ4v) is 3.36. The Bertz CT molecular complexity index is 1270. The Morgan fingerprint density at radius 2 is 1.86 bits per heavy atom. The minimum Gasteiger partial charge on any atom is -0.368 e. The number of halogens is 4. The van der Waals surface area contributed by atoms with Gasteiger partial charge in [-0.15, -0.1) is 5.10 Å². The largest absolute Gasteiger partial charge is 0.433 e. The first-order valence-electron chi connectivity index (χ1n) is 8.75. The number of nitrogens with two attached hydrogens (primary N) is 1. The van der Waals surface area contributed by atoms with Crippen LogP contribution in [0.1, 0.15) is 25.6 Å². The summed E-state index contributed by atoms with van der Waals surface area (Å²) in [6.45, 7) is 3.18. The monoisotopic (exact) mass is 404 g/mol. The highest BCUT2D eigenvalue weighted by Gasteiger charge is 2.35. The third-order valence-electron chi connectivity index (χ3n) is 4.56. The molecule has 0 saturated carbocycles. The number of fused-ring (bicyclic) bond motifs is 1. The lowest BCUT2D eigenvalue weighted by atomic mass is 9.99. The van der Waals surface area contributed by atoms with E-state index in [-0.39, 0.29) is 18.8 Å². The van der Waals surface area contributed by atoms with Gasteiger partial charge in [0.05, 0.1) is 5.35 Å². The van der Waals surface area contributed by atoms with E-state index in [0.717, 1.165) is 6.08 Å². The first-order chi connectivity index (χ1) is 13.6. The number of allylic oxidation sites excluding steroid dienone is 6. The Labute approximate surface area is 162 Å². The Morgan fingerprint density at radius 3 is 2.52 bits per heavy atom. The van der Waals surface area contributed by atoms with Crippen LogP contribution >= 0.6 is 0 Å². The molecule has 1 aliphatic carbocycles. The SMILES string of the molecule is CC1=NC(C(F)(F)F)=CC(=c2c(=C3C=CC(F)=CC3)nc(N)n3nc(C)nc23)C1. The van der Waals surface area contributed by atoms with Gasteiger partial charge in [-0.3, -0.25) is 4.99 Å². The van der Waals surface area contributed by atoms with E-state index in [2.05, 4.69) is 20.1 Å². The molecule has 2 aromatic heterocycles. The van der Waals surface area contributed by atoms with Crippen molar-refractivity contribution < 1.29 is 17.6 Å². The van der Waals surface area contributed by atoms with Crippen molar-refractivity contribution >= 4 is 28.5 Å². The number of rotatable bonds is 0. The lowest BCUT2D eigenvalue weighted by molar-refractivity contribution is -0.0923. The lowest BCUT2D eigenvalue weighted by Gasteiger charge is -2.16. The van der Waals surface area contributed by atoms with Gasteiger partial charge in [0.15, 0.2) is 5.65 Å². The highest BCUT2D eigenvalue weighted by atomic mass is 19.4. The van der Waals surface area contributed by atoms with Crippen molar-refractivity contribution in [3.05, 3.63) is 52.2 Å². The van der Waals surface area contributed by atoms with E-state index in [1.54, 1.807) is 13.0 Å². The number of hydrogen-bond donors (Lipinski definition) is 1. The molecule has 0 atom stereocenters. The zero-order valence-corrected chi connectivity index (χ0v) is 15.5. The quantitative estimate of drug-likeness (QED) is 0.684. The van der Waals surface area contributed by atoms with Gasteiger partial charge in [0.1, 0.15) is 17.3 Å². The number of anilines is 1. The van der Waals surface area contributed by atoms with Crippen LogP contribution in [0.5, 0.6) is 0 Å². The van der Waals surface area contributed by atoms with Crippen molar-refractivity contribution in [2.75, 3.05) is 5.73 Å². The number of aliphatic imine (C=N–C) groups is 1. The van der Waals surface area contributed by atoms with Gasteiger partial charge in [0, 0.05) is 17.4 Å². The summed E-state index contributed by atoms with van der Waals surface area (Å²) in [7, 11) is 0. The van der Waals surface area contributed by atoms with Crippen molar-refractivity contribution in [1.29, 1.82) is 0 Å². The van der Waals surface area contributed by atoms with Gasteiger partial charge in [-0.05, 0) is 49.6 Å². The van der Waals surface area contributed by atoms with Crippen molar-refractivity contribution in [3.63, 3.8) is 0 Å². The zero-order chi connectivity index (χ0) is 20.9. The number of aromatic nitrogens is 4. The van der Waals surface area contributed by atoms with E-state index in [0.29, 0.717) is 38.9 Å². The Morgan fingerprint density at radius 1 is 1.10 bits per heavy atom. The molecule has 2 aliphatic rings. The summed E-state index contributed by atoms with van der Waals surface area (Å²) in [6.07, 6.45) is 0.983. The van der Waals surface area contributed by atoms with Crippen molar-refractivity contribution in [3.8, 4) is 0 Å². The van der Waals surface area contributed by atoms with Gasteiger partial charge >= 0.3 is 6.18 Å². The molecule has 0 unspecified atom stereocenters. The second-order valence-corrected chi connectivity index (χ2v) is 6.82. The normalized spacial score (nSPS) is 21.2. The fourth-order valence-electron chi connectivity index (χ4n) is 3.36. The summed E-state index contributed by atoms with van der Waals surface area (Å²) >= 11 is 0. The van der Waals surface area contributed by atoms with E-state index >= 15 is 0 Å². The van der Waals surface area contributed by atoms with Crippen LogP contribution in [-0.4, -0.2) is 31.5 Å². The molecule has 2 N–H and O–H groups in total. The van der Waals surface area contributed by atoms with Crippen molar-refractivity contribution in [2.45, 2.75) is 32.9 Å². The van der Waals surface area contributed by atoms with Crippen LogP contribution in [0.15, 0.2) is 40.8 Å². The van der Waals surface area contributed by atoms with Gasteiger partial charge in [0.2, 0.25) is 5.95 Å². The molecule has 0 aromatic carbocycles. The number of aryl methyl sites for hydroxylation is 1. The highest BCUT2D eigenvalue weighted by Crippen LogP contribution is 2.31. The summed E-state index contributed by atoms with van der Waals surface area (Å²) in [4.78, 5) is 12.4. The minimum atomic E-state index is -4.60. The summed E-state index contributed by atoms with van der Waals surface area (Å²) in [5.74, 6) is 0.0428. The molecule has 10 heteroatoms. The standard InChI is InChI=1S/C19H16F4N6/c1-9-7-12(8-14(25-9)19(21,22)23)15-16(11-3-5-13(20)6-4-11)27-18(24)29-17(15)26-10(2)28-29/h3,5-6,8H,4,7H2,1-2H3,(H2,24,27). The van der Waals surface area contributed by atoms with Gasteiger partial charge in [-0.1, -0.05) is 6.08 Å². The third kappa shape index (κ3) is 3.45. The first kappa shape index (κ1) is 19.0. The van der Waals surface area contributed by atoms with Crippen LogP contribution in [-0.2, 0) is 0 Å². The molecule has 3 heterocycles. The van der Waals surface area contributed by atoms with E-state index in [9.17, 15) is 17.6 Å². The van der Waals surface area contributed by atoms with Gasteiger partial charge < -0.3 is 5.73 Å². The Kier molecular flexibility index (Phi) is 4.36. The fraction of sp³-hybridized carbons (Fsp3) is 0.263. The maximum absolute atomic E-state index is 13.4. The zero-order valence-electron chi connectivity index (χ0n) is 15.5. The topological polar surface area (TPSA) is 81.5 Å². The molecule has 2 aromatic rings. The molecular formula is C19H16F4N6. The average molecular weight is 404 g/mol. The maximum Gasteiger partial charge on any atom is 0.433 e. The predicted molar refractivity (Wildman–Crippen MR) is 101 cm³/mol. The molecule has 1 aliphatic heterocycles. The van der Waals surface area contributed by atoms with E-state index in [4.69, 9.17) is 5.73 Å². The summed E-state index contributed by atoms with van der Waals surface area (Å²) in [5, 5.41) is 4.92. The summed E-state index contributed by atoms with van der Waals surface area (Å²) in [6, 6.07) is 0.